The first-order valence-corrected chi connectivity index (χ1v) is 9.07. The second-order valence-electron chi connectivity index (χ2n) is 6.77. The maximum atomic E-state index is 12.3. The lowest BCUT2D eigenvalue weighted by atomic mass is 9.88. The normalized spacial score (nSPS) is 15.2. The van der Waals surface area contributed by atoms with E-state index in [1.165, 1.54) is 14.2 Å². The quantitative estimate of drug-likeness (QED) is 0.635. The molecule has 1 aliphatic rings. The lowest BCUT2D eigenvalue weighted by molar-refractivity contribution is -0.137. The van der Waals surface area contributed by atoms with E-state index in [0.717, 1.165) is 18.4 Å². The molecule has 2 aromatic carbocycles. The van der Waals surface area contributed by atoms with Crippen molar-refractivity contribution in [3.05, 3.63) is 54.1 Å². The van der Waals surface area contributed by atoms with Gasteiger partial charge in [-0.05, 0) is 36.5 Å². The third kappa shape index (κ3) is 4.26. The molecule has 3 rings (SSSR count). The smallest absolute Gasteiger partial charge is 0.313 e. The molecule has 0 heterocycles. The largest absolute Gasteiger partial charge is 0.493 e. The Kier molecular flexibility index (Phi) is 5.84. The van der Waals surface area contributed by atoms with Crippen LogP contribution in [0.25, 0.3) is 0 Å². The summed E-state index contributed by atoms with van der Waals surface area (Å²) in [6.07, 6.45) is 1.78. The Balaban J connectivity index is 1.63. The van der Waals surface area contributed by atoms with Gasteiger partial charge in [-0.3, -0.25) is 9.59 Å². The zero-order chi connectivity index (χ0) is 20.1. The van der Waals surface area contributed by atoms with Crippen LogP contribution in [0.5, 0.6) is 11.5 Å². The van der Waals surface area contributed by atoms with Gasteiger partial charge in [-0.25, -0.2) is 0 Å². The molecule has 0 radical (unpaired) electrons. The van der Waals surface area contributed by atoms with Crippen LogP contribution in [0.3, 0.4) is 0 Å². The molecule has 0 bridgehead atoms. The molecule has 3 N–H and O–H groups in total. The molecule has 28 heavy (non-hydrogen) atoms. The molecule has 148 valence electrons. The van der Waals surface area contributed by atoms with Crippen molar-refractivity contribution in [3.63, 3.8) is 0 Å². The van der Waals surface area contributed by atoms with E-state index >= 15 is 0 Å². The second-order valence-corrected chi connectivity index (χ2v) is 6.77. The Morgan fingerprint density at radius 1 is 1.04 bits per heavy atom. The third-order valence-electron chi connectivity index (χ3n) is 4.89. The summed E-state index contributed by atoms with van der Waals surface area (Å²) >= 11 is 0. The fourth-order valence-electron chi connectivity index (χ4n) is 3.17. The van der Waals surface area contributed by atoms with Crippen molar-refractivity contribution in [2.24, 2.45) is 5.92 Å². The van der Waals surface area contributed by atoms with Gasteiger partial charge in [-0.1, -0.05) is 30.3 Å². The van der Waals surface area contributed by atoms with Gasteiger partial charge in [0.25, 0.3) is 0 Å². The molecule has 0 spiro atoms. The van der Waals surface area contributed by atoms with Gasteiger partial charge in [0.1, 0.15) is 5.60 Å². The van der Waals surface area contributed by atoms with Crippen LogP contribution < -0.4 is 20.1 Å². The molecule has 1 saturated carbocycles. The fourth-order valence-corrected chi connectivity index (χ4v) is 3.17. The topological polar surface area (TPSA) is 96.9 Å². The predicted octanol–water partition coefficient (Wildman–Crippen LogP) is 2.06. The number of aliphatic hydroxyl groups is 1. The van der Waals surface area contributed by atoms with Gasteiger partial charge in [0, 0.05) is 11.8 Å². The Hall–Kier alpha value is -3.06. The predicted molar refractivity (Wildman–Crippen MR) is 104 cm³/mol. The number of hydrogen-bond donors (Lipinski definition) is 3. The maximum absolute atomic E-state index is 12.3. The number of rotatable bonds is 7. The van der Waals surface area contributed by atoms with Crippen molar-refractivity contribution in [3.8, 4) is 11.5 Å². The summed E-state index contributed by atoms with van der Waals surface area (Å²) in [6, 6.07) is 14.0. The molecule has 1 aliphatic carbocycles. The third-order valence-corrected chi connectivity index (χ3v) is 4.89. The van der Waals surface area contributed by atoms with E-state index in [-0.39, 0.29) is 12.5 Å². The standard InChI is InChI=1S/C21H24N2O5/c1-27-17-11-10-16(12-18(17)28-2)23-20(25)19(24)22-13-21(26,15-8-9-15)14-6-4-3-5-7-14/h3-7,10-12,15,26H,8-9,13H2,1-2H3,(H,22,24)(H,23,25). The van der Waals surface area contributed by atoms with Crippen LogP contribution in [-0.2, 0) is 15.2 Å². The number of amides is 2. The van der Waals surface area contributed by atoms with Gasteiger partial charge in [0.15, 0.2) is 11.5 Å². The van der Waals surface area contributed by atoms with Gasteiger partial charge in [-0.15, -0.1) is 0 Å². The summed E-state index contributed by atoms with van der Waals surface area (Å²) in [6.45, 7) is -0.0279. The molecule has 0 aromatic heterocycles. The van der Waals surface area contributed by atoms with Gasteiger partial charge in [-0.2, -0.15) is 0 Å². The molecule has 7 heteroatoms. The van der Waals surface area contributed by atoms with Crippen LogP contribution in [0.15, 0.2) is 48.5 Å². The van der Waals surface area contributed by atoms with Crippen molar-refractivity contribution in [2.45, 2.75) is 18.4 Å². The van der Waals surface area contributed by atoms with E-state index in [1.807, 2.05) is 30.3 Å². The first-order valence-electron chi connectivity index (χ1n) is 9.07. The van der Waals surface area contributed by atoms with Crippen molar-refractivity contribution in [2.75, 3.05) is 26.1 Å². The first-order chi connectivity index (χ1) is 13.5. The van der Waals surface area contributed by atoms with Crippen LogP contribution in [0, 0.1) is 5.92 Å². The average molecular weight is 384 g/mol. The van der Waals surface area contributed by atoms with Gasteiger partial charge in [0.05, 0.1) is 20.8 Å². The molecule has 0 aliphatic heterocycles. The summed E-state index contributed by atoms with van der Waals surface area (Å²) in [7, 11) is 3.00. The highest BCUT2D eigenvalue weighted by molar-refractivity contribution is 6.39. The molecule has 2 amide bonds. The van der Waals surface area contributed by atoms with Crippen molar-refractivity contribution < 1.29 is 24.2 Å². The Morgan fingerprint density at radius 2 is 1.71 bits per heavy atom. The number of hydrogen-bond acceptors (Lipinski definition) is 5. The Bertz CT molecular complexity index is 851. The molecule has 1 atom stereocenters. The van der Waals surface area contributed by atoms with E-state index in [1.54, 1.807) is 18.2 Å². The highest BCUT2D eigenvalue weighted by atomic mass is 16.5. The van der Waals surface area contributed by atoms with Crippen LogP contribution in [0.2, 0.25) is 0 Å². The van der Waals surface area contributed by atoms with Gasteiger partial charge < -0.3 is 25.2 Å². The minimum atomic E-state index is -1.18. The fraction of sp³-hybridized carbons (Fsp3) is 0.333. The Morgan fingerprint density at radius 3 is 2.32 bits per heavy atom. The lowest BCUT2D eigenvalue weighted by Crippen LogP contribution is -2.45. The lowest BCUT2D eigenvalue weighted by Gasteiger charge is -2.29. The molecule has 1 fully saturated rings. The van der Waals surface area contributed by atoms with E-state index in [4.69, 9.17) is 9.47 Å². The van der Waals surface area contributed by atoms with Crippen molar-refractivity contribution in [1.82, 2.24) is 5.32 Å². The SMILES string of the molecule is COc1ccc(NC(=O)C(=O)NCC(O)(c2ccccc2)C2CC2)cc1OC. The van der Waals surface area contributed by atoms with E-state index in [0.29, 0.717) is 17.2 Å². The number of carbonyl (C=O) groups is 2. The average Bonchev–Trinajstić information content (AvgIpc) is 3.58. The molecule has 0 saturated heterocycles. The highest BCUT2D eigenvalue weighted by Gasteiger charge is 2.45. The molecule has 7 nitrogen and oxygen atoms in total. The minimum absolute atomic E-state index is 0.0279. The number of ether oxygens (including phenoxy) is 2. The van der Waals surface area contributed by atoms with Gasteiger partial charge in [0.2, 0.25) is 0 Å². The number of anilines is 1. The second kappa shape index (κ2) is 8.31. The Labute approximate surface area is 163 Å². The zero-order valence-electron chi connectivity index (χ0n) is 15.9. The van der Waals surface area contributed by atoms with Crippen molar-refractivity contribution >= 4 is 17.5 Å². The van der Waals surface area contributed by atoms with Crippen LogP contribution in [0.1, 0.15) is 18.4 Å². The summed E-state index contributed by atoms with van der Waals surface area (Å²) in [4.78, 5) is 24.5. The van der Waals surface area contributed by atoms with Crippen LogP contribution in [0.4, 0.5) is 5.69 Å². The molecular weight excluding hydrogens is 360 g/mol. The first kappa shape index (κ1) is 19.7. The number of benzene rings is 2. The summed E-state index contributed by atoms with van der Waals surface area (Å²) in [5, 5.41) is 16.2. The van der Waals surface area contributed by atoms with E-state index < -0.39 is 17.4 Å². The number of methoxy groups -OCH3 is 2. The molecule has 1 unspecified atom stereocenters. The minimum Gasteiger partial charge on any atom is -0.493 e. The van der Waals surface area contributed by atoms with Crippen molar-refractivity contribution in [1.29, 1.82) is 0 Å². The molecule has 2 aromatic rings. The van der Waals surface area contributed by atoms with E-state index in [2.05, 4.69) is 10.6 Å². The van der Waals surface area contributed by atoms with Gasteiger partial charge >= 0.3 is 11.8 Å². The maximum Gasteiger partial charge on any atom is 0.313 e. The summed E-state index contributed by atoms with van der Waals surface area (Å²) in [5.74, 6) is -0.609. The summed E-state index contributed by atoms with van der Waals surface area (Å²) < 4.78 is 10.3. The van der Waals surface area contributed by atoms with Crippen LogP contribution in [-0.4, -0.2) is 37.7 Å². The number of carbonyl (C=O) groups excluding carboxylic acids is 2. The van der Waals surface area contributed by atoms with E-state index in [9.17, 15) is 14.7 Å². The number of nitrogens with one attached hydrogen (secondary N) is 2. The zero-order valence-corrected chi connectivity index (χ0v) is 15.9. The summed E-state index contributed by atoms with van der Waals surface area (Å²) in [5.41, 5.74) is -0.0445. The highest BCUT2D eigenvalue weighted by Crippen LogP contribution is 2.45. The van der Waals surface area contributed by atoms with Crippen LogP contribution >= 0.6 is 0 Å². The monoisotopic (exact) mass is 384 g/mol. The molecular formula is C21H24N2O5.